The van der Waals surface area contributed by atoms with Crippen LogP contribution in [0.15, 0.2) is 60.9 Å². The zero-order valence-electron chi connectivity index (χ0n) is 20.7. The fourth-order valence-corrected chi connectivity index (χ4v) is 4.15. The van der Waals surface area contributed by atoms with Gasteiger partial charge in [-0.1, -0.05) is 30.4 Å². The topological polar surface area (TPSA) is 93.3 Å². The second-order valence-corrected chi connectivity index (χ2v) is 8.34. The van der Waals surface area contributed by atoms with Crippen LogP contribution in [0.25, 0.3) is 28.2 Å². The van der Waals surface area contributed by atoms with Crippen LogP contribution in [-0.2, 0) is 7.05 Å². The Morgan fingerprint density at radius 2 is 2.03 bits per heavy atom. The van der Waals surface area contributed by atoms with Crippen LogP contribution in [0, 0.1) is 0 Å². The van der Waals surface area contributed by atoms with Crippen LogP contribution in [-0.4, -0.2) is 55.4 Å². The highest BCUT2D eigenvalue weighted by atomic mass is 16.5. The summed E-state index contributed by atoms with van der Waals surface area (Å²) in [5.41, 5.74) is 11.7. The van der Waals surface area contributed by atoms with E-state index in [-0.39, 0.29) is 0 Å². The third kappa shape index (κ3) is 5.29. The highest BCUT2D eigenvalue weighted by Gasteiger charge is 2.15. The third-order valence-electron chi connectivity index (χ3n) is 5.97. The molecule has 2 heterocycles. The predicted octanol–water partition coefficient (Wildman–Crippen LogP) is 4.02. The maximum Gasteiger partial charge on any atom is 0.227 e. The second-order valence-electron chi connectivity index (χ2n) is 8.34. The quantitative estimate of drug-likeness (QED) is 0.322. The zero-order valence-corrected chi connectivity index (χ0v) is 20.7. The SMILES string of the molecule is CNCCN(C)c1cc(OC)c(Nc2nccc(-c3cn(C)c4ccccc34)n2)cc1C=CCN. The van der Waals surface area contributed by atoms with Gasteiger partial charge in [-0.3, -0.25) is 0 Å². The number of likely N-dealkylation sites (N-methyl/N-ethyl adjacent to an activating group) is 2. The van der Waals surface area contributed by atoms with Crippen molar-refractivity contribution in [3.63, 3.8) is 0 Å². The number of ether oxygens (including phenoxy) is 1. The number of fused-ring (bicyclic) bond motifs is 1. The van der Waals surface area contributed by atoms with Crippen molar-refractivity contribution >= 4 is 34.3 Å². The van der Waals surface area contributed by atoms with E-state index >= 15 is 0 Å². The van der Waals surface area contributed by atoms with Crippen LogP contribution in [0.2, 0.25) is 0 Å². The number of aryl methyl sites for hydroxylation is 1. The van der Waals surface area contributed by atoms with Gasteiger partial charge in [-0.2, -0.15) is 0 Å². The van der Waals surface area contributed by atoms with Gasteiger partial charge in [0.2, 0.25) is 5.95 Å². The number of rotatable bonds is 10. The summed E-state index contributed by atoms with van der Waals surface area (Å²) >= 11 is 0. The molecule has 4 rings (SSSR count). The molecule has 8 nitrogen and oxygen atoms in total. The maximum absolute atomic E-state index is 5.74. The number of nitrogens with one attached hydrogen (secondary N) is 2. The first-order valence-corrected chi connectivity index (χ1v) is 11.6. The zero-order chi connectivity index (χ0) is 24.8. The van der Waals surface area contributed by atoms with Crippen LogP contribution < -0.4 is 26.0 Å². The van der Waals surface area contributed by atoms with E-state index in [1.807, 2.05) is 56.6 Å². The van der Waals surface area contributed by atoms with E-state index < -0.39 is 0 Å². The molecule has 2 aromatic heterocycles. The summed E-state index contributed by atoms with van der Waals surface area (Å²) in [6, 6.07) is 14.3. The van der Waals surface area contributed by atoms with Crippen LogP contribution in [0.1, 0.15) is 5.56 Å². The van der Waals surface area contributed by atoms with Crippen LogP contribution in [0.4, 0.5) is 17.3 Å². The minimum absolute atomic E-state index is 0.463. The molecule has 0 saturated heterocycles. The average Bonchev–Trinajstić information content (AvgIpc) is 3.22. The number of nitrogens with two attached hydrogens (primary N) is 1. The number of hydrogen-bond donors (Lipinski definition) is 3. The molecular weight excluding hydrogens is 438 g/mol. The summed E-state index contributed by atoms with van der Waals surface area (Å²) < 4.78 is 7.85. The molecule has 4 aromatic rings. The van der Waals surface area contributed by atoms with E-state index in [4.69, 9.17) is 15.5 Å². The van der Waals surface area contributed by atoms with Crippen molar-refractivity contribution in [2.24, 2.45) is 12.8 Å². The van der Waals surface area contributed by atoms with Crippen molar-refractivity contribution in [1.29, 1.82) is 0 Å². The number of anilines is 3. The van der Waals surface area contributed by atoms with Gasteiger partial charge < -0.3 is 30.6 Å². The van der Waals surface area contributed by atoms with Crippen LogP contribution in [0.5, 0.6) is 5.75 Å². The summed E-state index contributed by atoms with van der Waals surface area (Å²) in [5.74, 6) is 1.21. The molecule has 0 saturated carbocycles. The monoisotopic (exact) mass is 471 g/mol. The first kappa shape index (κ1) is 24.3. The fraction of sp³-hybridized carbons (Fsp3) is 0.259. The van der Waals surface area contributed by atoms with Gasteiger partial charge in [0.1, 0.15) is 5.75 Å². The lowest BCUT2D eigenvalue weighted by atomic mass is 10.1. The van der Waals surface area contributed by atoms with Gasteiger partial charge in [-0.05, 0) is 30.8 Å². The second kappa shape index (κ2) is 11.0. The molecule has 4 N–H and O–H groups in total. The number of hydrogen-bond acceptors (Lipinski definition) is 7. The molecule has 8 heteroatoms. The number of para-hydroxylation sites is 1. The van der Waals surface area contributed by atoms with Gasteiger partial charge in [-0.15, -0.1) is 0 Å². The first-order chi connectivity index (χ1) is 17.0. The van der Waals surface area contributed by atoms with Crippen molar-refractivity contribution in [2.45, 2.75) is 0 Å². The van der Waals surface area contributed by atoms with E-state index in [2.05, 4.69) is 50.5 Å². The summed E-state index contributed by atoms with van der Waals surface area (Å²) in [4.78, 5) is 11.5. The summed E-state index contributed by atoms with van der Waals surface area (Å²) in [7, 11) is 7.72. The van der Waals surface area contributed by atoms with E-state index in [0.717, 1.165) is 52.2 Å². The van der Waals surface area contributed by atoms with Crippen molar-refractivity contribution in [2.75, 3.05) is 51.1 Å². The lowest BCUT2D eigenvalue weighted by molar-refractivity contribution is 0.416. The van der Waals surface area contributed by atoms with Gasteiger partial charge in [0.05, 0.1) is 18.5 Å². The lowest BCUT2D eigenvalue weighted by Crippen LogP contribution is -2.27. The molecule has 0 aliphatic heterocycles. The summed E-state index contributed by atoms with van der Waals surface area (Å²) in [5, 5.41) is 7.71. The number of aromatic nitrogens is 3. The molecular formula is C27H33N7O. The Morgan fingerprint density at radius 1 is 1.20 bits per heavy atom. The molecule has 0 aliphatic carbocycles. The van der Waals surface area contributed by atoms with Gasteiger partial charge in [0.15, 0.2) is 0 Å². The van der Waals surface area contributed by atoms with Crippen molar-refractivity contribution in [3.05, 3.63) is 66.5 Å². The fourth-order valence-electron chi connectivity index (χ4n) is 4.15. The number of nitrogens with zero attached hydrogens (tertiary/aromatic N) is 4. The molecule has 0 radical (unpaired) electrons. The van der Waals surface area contributed by atoms with E-state index in [9.17, 15) is 0 Å². The van der Waals surface area contributed by atoms with Crippen LogP contribution in [0.3, 0.4) is 0 Å². The number of methoxy groups -OCH3 is 1. The van der Waals surface area contributed by atoms with Gasteiger partial charge >= 0.3 is 0 Å². The third-order valence-corrected chi connectivity index (χ3v) is 5.97. The highest BCUT2D eigenvalue weighted by Crippen LogP contribution is 2.36. The molecule has 0 amide bonds. The van der Waals surface area contributed by atoms with E-state index in [1.165, 1.54) is 0 Å². The molecule has 0 aliphatic rings. The standard InChI is InChI=1S/C27H33N7O/c1-29-14-15-33(2)25-17-26(35-4)23(16-19(25)8-7-12-28)32-27-30-13-11-22(31-27)21-18-34(3)24-10-6-5-9-20(21)24/h5-11,13,16-18,29H,12,14-15,28H2,1-4H3,(H,30,31,32). The molecule has 0 atom stereocenters. The predicted molar refractivity (Wildman–Crippen MR) is 146 cm³/mol. The van der Waals surface area contributed by atoms with Crippen LogP contribution >= 0.6 is 0 Å². The minimum atomic E-state index is 0.463. The summed E-state index contributed by atoms with van der Waals surface area (Å²) in [6.45, 7) is 2.18. The molecule has 0 bridgehead atoms. The van der Waals surface area contributed by atoms with E-state index in [1.54, 1.807) is 13.3 Å². The Bertz CT molecular complexity index is 1330. The molecule has 0 unspecified atom stereocenters. The molecule has 0 spiro atoms. The number of benzene rings is 2. The largest absolute Gasteiger partial charge is 0.494 e. The van der Waals surface area contributed by atoms with Gasteiger partial charge in [-0.25, -0.2) is 9.97 Å². The Kier molecular flexibility index (Phi) is 7.64. The Balaban J connectivity index is 1.71. The van der Waals surface area contributed by atoms with Crippen molar-refractivity contribution < 1.29 is 4.74 Å². The molecule has 0 fully saturated rings. The molecule has 35 heavy (non-hydrogen) atoms. The Hall–Kier alpha value is -3.88. The average molecular weight is 472 g/mol. The van der Waals surface area contributed by atoms with Gasteiger partial charge in [0.25, 0.3) is 0 Å². The summed E-state index contributed by atoms with van der Waals surface area (Å²) in [6.07, 6.45) is 7.85. The lowest BCUT2D eigenvalue weighted by Gasteiger charge is -2.23. The first-order valence-electron chi connectivity index (χ1n) is 11.6. The normalized spacial score (nSPS) is 11.3. The Morgan fingerprint density at radius 3 is 2.80 bits per heavy atom. The van der Waals surface area contributed by atoms with E-state index in [0.29, 0.717) is 18.2 Å². The van der Waals surface area contributed by atoms with Crippen molar-refractivity contribution in [1.82, 2.24) is 19.9 Å². The Labute approximate surface area is 206 Å². The minimum Gasteiger partial charge on any atom is -0.494 e. The molecule has 182 valence electrons. The van der Waals surface area contributed by atoms with Crippen molar-refractivity contribution in [3.8, 4) is 17.0 Å². The highest BCUT2D eigenvalue weighted by molar-refractivity contribution is 5.95. The molecule has 2 aromatic carbocycles. The smallest absolute Gasteiger partial charge is 0.227 e. The maximum atomic E-state index is 5.74. The van der Waals surface area contributed by atoms with Gasteiger partial charge in [0, 0.05) is 74.3 Å².